The van der Waals surface area contributed by atoms with E-state index in [0.29, 0.717) is 17.3 Å². The fourth-order valence-corrected chi connectivity index (χ4v) is 1.58. The van der Waals surface area contributed by atoms with Crippen LogP contribution in [-0.4, -0.2) is 24.7 Å². The summed E-state index contributed by atoms with van der Waals surface area (Å²) < 4.78 is 7.36. The highest BCUT2D eigenvalue weighted by atomic mass is 16.5. The smallest absolute Gasteiger partial charge is 0.265 e. The van der Waals surface area contributed by atoms with Crippen LogP contribution < -0.4 is 4.74 Å². The van der Waals surface area contributed by atoms with Gasteiger partial charge in [0.2, 0.25) is 5.65 Å². The first-order valence-corrected chi connectivity index (χ1v) is 5.39. The number of aliphatic hydroxyl groups is 1. The van der Waals surface area contributed by atoms with Crippen LogP contribution in [-0.2, 0) is 6.61 Å². The molecule has 6 heteroatoms. The first-order valence-electron chi connectivity index (χ1n) is 5.39. The van der Waals surface area contributed by atoms with E-state index in [0.717, 1.165) is 5.56 Å². The number of rotatable bonds is 3. The Hall–Kier alpha value is -2.47. The number of ether oxygens (including phenoxy) is 1. The zero-order valence-electron chi connectivity index (χ0n) is 9.39. The van der Waals surface area contributed by atoms with Crippen LogP contribution in [0, 0.1) is 0 Å². The van der Waals surface area contributed by atoms with Crippen molar-refractivity contribution in [2.45, 2.75) is 6.61 Å². The van der Waals surface area contributed by atoms with E-state index in [-0.39, 0.29) is 6.61 Å². The van der Waals surface area contributed by atoms with Crippen LogP contribution in [0.3, 0.4) is 0 Å². The molecule has 2 heterocycles. The number of hydrogen-bond acceptors (Lipinski definition) is 5. The predicted octanol–water partition coefficient (Wildman–Crippen LogP) is 1.41. The summed E-state index contributed by atoms with van der Waals surface area (Å²) in [6, 6.07) is 7.12. The molecule has 0 aliphatic rings. The van der Waals surface area contributed by atoms with Gasteiger partial charge in [-0.2, -0.15) is 0 Å². The van der Waals surface area contributed by atoms with E-state index >= 15 is 0 Å². The highest BCUT2D eigenvalue weighted by Crippen LogP contribution is 2.22. The molecule has 3 aromatic rings. The lowest BCUT2D eigenvalue weighted by atomic mass is 10.2. The van der Waals surface area contributed by atoms with Gasteiger partial charge in [0.05, 0.1) is 6.61 Å². The zero-order chi connectivity index (χ0) is 12.4. The molecule has 0 aliphatic carbocycles. The molecule has 0 atom stereocenters. The Morgan fingerprint density at radius 3 is 2.83 bits per heavy atom. The molecule has 18 heavy (non-hydrogen) atoms. The Bertz CT molecular complexity index is 663. The molecule has 0 spiro atoms. The van der Waals surface area contributed by atoms with Gasteiger partial charge in [-0.3, -0.25) is 4.40 Å². The molecule has 0 unspecified atom stereocenters. The number of aromatic nitrogens is 4. The fraction of sp³-hybridized carbons (Fsp3) is 0.0833. The second-order valence-electron chi connectivity index (χ2n) is 3.70. The van der Waals surface area contributed by atoms with E-state index < -0.39 is 0 Å². The average Bonchev–Trinajstić information content (AvgIpc) is 2.89. The molecule has 0 amide bonds. The normalized spacial score (nSPS) is 10.7. The van der Waals surface area contributed by atoms with E-state index in [1.165, 1.54) is 0 Å². The van der Waals surface area contributed by atoms with Crippen LogP contribution >= 0.6 is 0 Å². The number of benzene rings is 1. The van der Waals surface area contributed by atoms with Crippen molar-refractivity contribution in [3.63, 3.8) is 0 Å². The van der Waals surface area contributed by atoms with Crippen LogP contribution in [0.2, 0.25) is 0 Å². The second kappa shape index (κ2) is 4.42. The number of hydrogen-bond donors (Lipinski definition) is 1. The summed E-state index contributed by atoms with van der Waals surface area (Å²) >= 11 is 0. The van der Waals surface area contributed by atoms with Crippen molar-refractivity contribution in [1.82, 2.24) is 19.6 Å². The molecule has 2 aromatic heterocycles. The molecular weight excluding hydrogens is 232 g/mol. The maximum absolute atomic E-state index is 8.96. The molecule has 3 rings (SSSR count). The summed E-state index contributed by atoms with van der Waals surface area (Å²) in [6.07, 6.45) is 4.95. The molecule has 0 aliphatic heterocycles. The fourth-order valence-electron chi connectivity index (χ4n) is 1.58. The molecule has 0 saturated carbocycles. The van der Waals surface area contributed by atoms with Gasteiger partial charge in [-0.05, 0) is 17.7 Å². The van der Waals surface area contributed by atoms with Gasteiger partial charge in [-0.1, -0.05) is 12.1 Å². The van der Waals surface area contributed by atoms with E-state index in [2.05, 4.69) is 15.2 Å². The molecule has 1 aromatic carbocycles. The lowest BCUT2D eigenvalue weighted by Crippen LogP contribution is -1.93. The highest BCUT2D eigenvalue weighted by molar-refractivity contribution is 5.49. The van der Waals surface area contributed by atoms with Crippen molar-refractivity contribution in [2.75, 3.05) is 0 Å². The lowest BCUT2D eigenvalue weighted by molar-refractivity contribution is 0.281. The van der Waals surface area contributed by atoms with Crippen LogP contribution in [0.5, 0.6) is 11.6 Å². The summed E-state index contributed by atoms with van der Waals surface area (Å²) in [5, 5.41) is 16.7. The largest absolute Gasteiger partial charge is 0.436 e. The maximum Gasteiger partial charge on any atom is 0.265 e. The molecule has 0 fully saturated rings. The third-order valence-electron chi connectivity index (χ3n) is 2.50. The number of aliphatic hydroxyl groups excluding tert-OH is 1. The van der Waals surface area contributed by atoms with Crippen molar-refractivity contribution in [2.24, 2.45) is 0 Å². The predicted molar refractivity (Wildman–Crippen MR) is 63.2 cm³/mol. The Morgan fingerprint density at radius 2 is 2.06 bits per heavy atom. The molecular formula is C12H10N4O2. The van der Waals surface area contributed by atoms with Gasteiger partial charge in [0.15, 0.2) is 0 Å². The highest BCUT2D eigenvalue weighted by Gasteiger charge is 2.07. The van der Waals surface area contributed by atoms with Gasteiger partial charge >= 0.3 is 0 Å². The molecule has 90 valence electrons. The van der Waals surface area contributed by atoms with Gasteiger partial charge in [-0.15, -0.1) is 10.2 Å². The van der Waals surface area contributed by atoms with Gasteiger partial charge in [0, 0.05) is 12.4 Å². The lowest BCUT2D eigenvalue weighted by Gasteiger charge is -2.05. The minimum absolute atomic E-state index is 0.0122. The SMILES string of the molecule is OCc1ccc(Oc2nccn3cnnc23)cc1. The van der Waals surface area contributed by atoms with Crippen molar-refractivity contribution in [1.29, 1.82) is 0 Å². The van der Waals surface area contributed by atoms with Gasteiger partial charge in [0.25, 0.3) is 5.88 Å². The van der Waals surface area contributed by atoms with Gasteiger partial charge < -0.3 is 9.84 Å². The molecule has 0 saturated heterocycles. The van der Waals surface area contributed by atoms with Gasteiger partial charge in [0.1, 0.15) is 12.1 Å². The summed E-state index contributed by atoms with van der Waals surface area (Å²) in [5.74, 6) is 1.03. The third kappa shape index (κ3) is 1.89. The standard InChI is InChI=1S/C12H10N4O2/c17-7-9-1-3-10(4-2-9)18-12-11-15-14-8-16(11)6-5-13-12/h1-6,8,17H,7H2. The van der Waals surface area contributed by atoms with Crippen molar-refractivity contribution >= 4 is 5.65 Å². The Labute approximate surface area is 103 Å². The Kier molecular flexibility index (Phi) is 2.62. The van der Waals surface area contributed by atoms with Crippen LogP contribution in [0.4, 0.5) is 0 Å². The summed E-state index contributed by atoms with van der Waals surface area (Å²) in [4.78, 5) is 4.12. The van der Waals surface area contributed by atoms with E-state index in [1.807, 2.05) is 0 Å². The topological polar surface area (TPSA) is 72.5 Å². The maximum atomic E-state index is 8.96. The quantitative estimate of drug-likeness (QED) is 0.751. The van der Waals surface area contributed by atoms with Crippen LogP contribution in [0.15, 0.2) is 43.0 Å². The molecule has 1 N–H and O–H groups in total. The third-order valence-corrected chi connectivity index (χ3v) is 2.50. The minimum Gasteiger partial charge on any atom is -0.436 e. The Morgan fingerprint density at radius 1 is 1.22 bits per heavy atom. The van der Waals surface area contributed by atoms with Crippen LogP contribution in [0.25, 0.3) is 5.65 Å². The first-order chi connectivity index (χ1) is 8.86. The van der Waals surface area contributed by atoms with E-state index in [9.17, 15) is 0 Å². The number of nitrogens with zero attached hydrogens (tertiary/aromatic N) is 4. The van der Waals surface area contributed by atoms with E-state index in [4.69, 9.17) is 9.84 Å². The monoisotopic (exact) mass is 242 g/mol. The van der Waals surface area contributed by atoms with Crippen molar-refractivity contribution in [3.05, 3.63) is 48.5 Å². The van der Waals surface area contributed by atoms with Crippen LogP contribution in [0.1, 0.15) is 5.56 Å². The van der Waals surface area contributed by atoms with Crippen molar-refractivity contribution < 1.29 is 9.84 Å². The van der Waals surface area contributed by atoms with Crippen molar-refractivity contribution in [3.8, 4) is 11.6 Å². The minimum atomic E-state index is 0.0122. The summed E-state index contributed by atoms with van der Waals surface area (Å²) in [5.41, 5.74) is 1.39. The first kappa shape index (κ1) is 10.7. The Balaban J connectivity index is 1.93. The summed E-state index contributed by atoms with van der Waals surface area (Å²) in [6.45, 7) is 0.0122. The number of fused-ring (bicyclic) bond motifs is 1. The zero-order valence-corrected chi connectivity index (χ0v) is 9.39. The van der Waals surface area contributed by atoms with E-state index in [1.54, 1.807) is 47.4 Å². The molecule has 0 bridgehead atoms. The second-order valence-corrected chi connectivity index (χ2v) is 3.70. The molecule has 0 radical (unpaired) electrons. The average molecular weight is 242 g/mol. The van der Waals surface area contributed by atoms with Gasteiger partial charge in [-0.25, -0.2) is 4.98 Å². The summed E-state index contributed by atoms with van der Waals surface area (Å²) in [7, 11) is 0. The molecule has 6 nitrogen and oxygen atoms in total.